The number of carbonyl (C=O) groups excluding carboxylic acids is 1. The molecule has 0 bridgehead atoms. The van der Waals surface area contributed by atoms with Crippen molar-refractivity contribution in [3.8, 4) is 0 Å². The normalized spacial score (nSPS) is 33.9. The van der Waals surface area contributed by atoms with E-state index in [9.17, 15) is 4.79 Å². The minimum Gasteiger partial charge on any atom is -0.289 e. The molecule has 0 amide bonds. The molecule has 1 aromatic rings. The predicted octanol–water partition coefficient (Wildman–Crippen LogP) is 2.96. The van der Waals surface area contributed by atoms with Crippen molar-refractivity contribution in [3.63, 3.8) is 0 Å². The monoisotopic (exact) mass is 251 g/mol. The Kier molecular flexibility index (Phi) is 1.40. The van der Waals surface area contributed by atoms with Crippen LogP contribution in [0.4, 0.5) is 0 Å². The number of allylic oxidation sites excluding steroid dienone is 3. The number of rotatable bonds is 0. The number of carbonyl (C=O) groups is 1. The summed E-state index contributed by atoms with van der Waals surface area (Å²) in [6, 6.07) is 7.84. The van der Waals surface area contributed by atoms with Crippen LogP contribution < -0.4 is 0 Å². The molecule has 4 aliphatic rings. The molecule has 18 heavy (non-hydrogen) atoms. The van der Waals surface area contributed by atoms with Crippen LogP contribution in [0.5, 0.6) is 0 Å². The van der Waals surface area contributed by atoms with Gasteiger partial charge in [0.2, 0.25) is 0 Å². The molecule has 2 atom stereocenters. The molecule has 1 fully saturated rings. The van der Waals surface area contributed by atoms with E-state index in [0.29, 0.717) is 5.92 Å². The van der Waals surface area contributed by atoms with E-state index in [2.05, 4.69) is 10.5 Å². The summed E-state index contributed by atoms with van der Waals surface area (Å²) in [6.45, 7) is 0. The minimum atomic E-state index is 0.114. The van der Waals surface area contributed by atoms with Gasteiger partial charge in [0.05, 0.1) is 10.5 Å². The minimum absolute atomic E-state index is 0.114. The summed E-state index contributed by atoms with van der Waals surface area (Å²) in [6.07, 6.45) is 5.34. The van der Waals surface area contributed by atoms with E-state index in [1.807, 2.05) is 30.3 Å². The van der Waals surface area contributed by atoms with Gasteiger partial charge in [-0.2, -0.15) is 0 Å². The number of hydrogen-bond donors (Lipinski definition) is 0. The van der Waals surface area contributed by atoms with E-state index in [-0.39, 0.29) is 10.5 Å². The average molecular weight is 251 g/mol. The van der Waals surface area contributed by atoms with E-state index in [1.165, 1.54) is 5.57 Å². The quantitative estimate of drug-likeness (QED) is 0.663. The summed E-state index contributed by atoms with van der Waals surface area (Å²) in [5, 5.41) is 0. The lowest BCUT2D eigenvalue weighted by molar-refractivity contribution is 0.103. The van der Waals surface area contributed by atoms with Crippen LogP contribution in [0.2, 0.25) is 0 Å². The summed E-state index contributed by atoms with van der Waals surface area (Å²) in [4.78, 5) is 12.6. The Morgan fingerprint density at radius 1 is 1.28 bits per heavy atom. The van der Waals surface area contributed by atoms with Gasteiger partial charge in [-0.3, -0.25) is 4.79 Å². The second-order valence-corrected chi connectivity index (χ2v) is 6.35. The fourth-order valence-electron chi connectivity index (χ4n) is 3.36. The fourth-order valence-corrected chi connectivity index (χ4v) is 4.57. The Balaban J connectivity index is 1.88. The second kappa shape index (κ2) is 2.69. The summed E-state index contributed by atoms with van der Waals surface area (Å²) in [5.41, 5.74) is 4.97. The first-order chi connectivity index (χ1) is 8.81. The van der Waals surface area contributed by atoms with Crippen LogP contribution in [0, 0.1) is 5.92 Å². The highest BCUT2D eigenvalue weighted by molar-refractivity contribution is 8.00. The number of ketones is 1. The van der Waals surface area contributed by atoms with Crippen LogP contribution in [0.3, 0.4) is 0 Å². The van der Waals surface area contributed by atoms with Crippen LogP contribution in [0.25, 0.3) is 0 Å². The van der Waals surface area contributed by atoms with Gasteiger partial charge in [0.15, 0.2) is 5.78 Å². The lowest BCUT2D eigenvalue weighted by atomic mass is 9.79. The highest BCUT2D eigenvalue weighted by Gasteiger charge is 2.63. The third-order valence-electron chi connectivity index (χ3n) is 4.36. The van der Waals surface area contributed by atoms with Crippen LogP contribution >= 0.6 is 11.9 Å². The molecule has 0 aromatic heterocycles. The Morgan fingerprint density at radius 2 is 2.11 bits per heavy atom. The number of Topliss-reactive ketones (excluding diaryl/α,β-unsaturated/α-hetero) is 1. The molecular weight excluding hydrogens is 242 g/mol. The molecule has 3 aliphatic carbocycles. The molecule has 0 saturated heterocycles. The molecule has 0 radical (unpaired) electrons. The van der Waals surface area contributed by atoms with Crippen molar-refractivity contribution in [3.05, 3.63) is 58.7 Å². The highest BCUT2D eigenvalue weighted by Crippen LogP contribution is 2.67. The molecule has 1 heterocycles. The Hall–Kier alpha value is -1.61. The van der Waals surface area contributed by atoms with Crippen molar-refractivity contribution in [1.82, 2.24) is 0 Å². The van der Waals surface area contributed by atoms with Crippen LogP contribution in [-0.2, 0) is 0 Å². The van der Waals surface area contributed by atoms with Crippen molar-refractivity contribution >= 4 is 23.4 Å². The van der Waals surface area contributed by atoms with Gasteiger partial charge in [-0.05, 0) is 24.3 Å². The number of hydrogen-bond acceptors (Lipinski definition) is 3. The topological polar surface area (TPSA) is 29.4 Å². The first kappa shape index (κ1) is 9.34. The molecule has 1 saturated carbocycles. The standard InChI is InChI=1S/C15H9NOS/c17-14-10-4-2-1-3-9(10)13-12-11(14)6-5-8-7-15(8,12)18-16-13/h1-6,8H,7H2. The molecule has 3 heteroatoms. The Morgan fingerprint density at radius 3 is 3.00 bits per heavy atom. The van der Waals surface area contributed by atoms with Gasteiger partial charge in [-0.25, -0.2) is 4.40 Å². The maximum absolute atomic E-state index is 12.6. The number of fused-ring (bicyclic) bond motifs is 2. The van der Waals surface area contributed by atoms with Gasteiger partial charge < -0.3 is 0 Å². The van der Waals surface area contributed by atoms with Crippen LogP contribution in [0.1, 0.15) is 22.3 Å². The number of benzene rings is 1. The lowest BCUT2D eigenvalue weighted by Gasteiger charge is -2.24. The van der Waals surface area contributed by atoms with Gasteiger partial charge in [0.1, 0.15) is 0 Å². The van der Waals surface area contributed by atoms with E-state index in [0.717, 1.165) is 28.8 Å². The van der Waals surface area contributed by atoms with Crippen molar-refractivity contribution < 1.29 is 4.79 Å². The van der Waals surface area contributed by atoms with Gasteiger partial charge in [-0.15, -0.1) is 0 Å². The molecule has 1 aliphatic heterocycles. The largest absolute Gasteiger partial charge is 0.289 e. The predicted molar refractivity (Wildman–Crippen MR) is 71.9 cm³/mol. The maximum atomic E-state index is 12.6. The summed E-state index contributed by atoms with van der Waals surface area (Å²) in [5.74, 6) is 0.753. The lowest BCUT2D eigenvalue weighted by Crippen LogP contribution is -2.27. The SMILES string of the molecule is O=C1C2=C3C(=NSC34CC4C=C2)c2ccccc21. The molecular formula is C15H9NOS. The third-order valence-corrected chi connectivity index (χ3v) is 5.63. The Labute approximate surface area is 109 Å². The van der Waals surface area contributed by atoms with Crippen molar-refractivity contribution in [2.75, 3.05) is 0 Å². The van der Waals surface area contributed by atoms with Gasteiger partial charge in [0.25, 0.3) is 0 Å². The summed E-state index contributed by atoms with van der Waals surface area (Å²) >= 11 is 1.67. The molecule has 2 unspecified atom stereocenters. The third kappa shape index (κ3) is 0.841. The smallest absolute Gasteiger partial charge is 0.194 e. The van der Waals surface area contributed by atoms with E-state index < -0.39 is 0 Å². The average Bonchev–Trinajstić information content (AvgIpc) is 3.01. The zero-order chi connectivity index (χ0) is 11.9. The number of nitrogens with zero attached hydrogens (tertiary/aromatic N) is 1. The van der Waals surface area contributed by atoms with E-state index >= 15 is 0 Å². The second-order valence-electron chi connectivity index (χ2n) is 5.25. The van der Waals surface area contributed by atoms with Crippen molar-refractivity contribution in [2.45, 2.75) is 11.2 Å². The van der Waals surface area contributed by atoms with Crippen molar-refractivity contribution in [1.29, 1.82) is 0 Å². The first-order valence-corrected chi connectivity index (χ1v) is 6.92. The molecule has 1 spiro atoms. The fraction of sp³-hybridized carbons (Fsp3) is 0.200. The van der Waals surface area contributed by atoms with Gasteiger partial charge in [-0.1, -0.05) is 36.4 Å². The summed E-state index contributed by atoms with van der Waals surface area (Å²) in [7, 11) is 0. The van der Waals surface area contributed by atoms with E-state index in [4.69, 9.17) is 0 Å². The molecule has 5 rings (SSSR count). The first-order valence-electron chi connectivity index (χ1n) is 6.15. The zero-order valence-corrected chi connectivity index (χ0v) is 10.3. The van der Waals surface area contributed by atoms with Crippen LogP contribution in [0.15, 0.2) is 52.0 Å². The van der Waals surface area contributed by atoms with Gasteiger partial charge in [0, 0.05) is 22.3 Å². The Bertz CT molecular complexity index is 728. The van der Waals surface area contributed by atoms with E-state index in [1.54, 1.807) is 11.9 Å². The van der Waals surface area contributed by atoms with Crippen molar-refractivity contribution in [2.24, 2.45) is 10.3 Å². The molecule has 2 nitrogen and oxygen atoms in total. The van der Waals surface area contributed by atoms with Gasteiger partial charge >= 0.3 is 0 Å². The molecule has 0 N–H and O–H groups in total. The highest BCUT2D eigenvalue weighted by atomic mass is 32.2. The molecule has 1 aromatic carbocycles. The molecule has 86 valence electrons. The maximum Gasteiger partial charge on any atom is 0.194 e. The summed E-state index contributed by atoms with van der Waals surface area (Å²) < 4.78 is 4.79. The zero-order valence-electron chi connectivity index (χ0n) is 9.51. The van der Waals surface area contributed by atoms with Crippen LogP contribution in [-0.4, -0.2) is 16.2 Å².